The maximum atomic E-state index is 13.1. The highest BCUT2D eigenvalue weighted by atomic mass is 19.1. The van der Waals surface area contributed by atoms with Crippen molar-refractivity contribution in [3.05, 3.63) is 41.7 Å². The molecule has 1 fully saturated rings. The summed E-state index contributed by atoms with van der Waals surface area (Å²) in [7, 11) is 0. The predicted octanol–water partition coefficient (Wildman–Crippen LogP) is 2.80. The fraction of sp³-hybridized carbons (Fsp3) is 0.444. The number of hydroxylamine groups is 1. The number of hydrogen-bond donors (Lipinski definition) is 3. The van der Waals surface area contributed by atoms with Gasteiger partial charge in [0.05, 0.1) is 0 Å². The van der Waals surface area contributed by atoms with Crippen LogP contribution in [0.4, 0.5) is 4.39 Å². The molecule has 0 atom stereocenters. The molecule has 1 aliphatic carbocycles. The lowest BCUT2D eigenvalue weighted by Gasteiger charge is -2.10. The standard InChI is InChI=1S/C18H23FN2O3/c19-15-9-7-14(8-10-15)16(12-13-5-6-13)18(23)20-11-3-1-2-4-17(22)21-24/h7-10,12-13,24H,1-6,11H2,(H,20,23)(H,21,22)/b16-12-. The zero-order valence-corrected chi connectivity index (χ0v) is 13.6. The molecule has 0 spiro atoms. The summed E-state index contributed by atoms with van der Waals surface area (Å²) in [5.41, 5.74) is 2.91. The van der Waals surface area contributed by atoms with Crippen molar-refractivity contribution in [2.24, 2.45) is 5.92 Å². The molecule has 2 rings (SSSR count). The topological polar surface area (TPSA) is 78.4 Å². The van der Waals surface area contributed by atoms with Crippen molar-refractivity contribution >= 4 is 17.4 Å². The first-order valence-electron chi connectivity index (χ1n) is 8.29. The van der Waals surface area contributed by atoms with Crippen LogP contribution < -0.4 is 10.8 Å². The van der Waals surface area contributed by atoms with E-state index in [4.69, 9.17) is 5.21 Å². The van der Waals surface area contributed by atoms with E-state index in [9.17, 15) is 14.0 Å². The second kappa shape index (κ2) is 9.17. The van der Waals surface area contributed by atoms with E-state index >= 15 is 0 Å². The van der Waals surface area contributed by atoms with Gasteiger partial charge < -0.3 is 5.32 Å². The number of halogens is 1. The van der Waals surface area contributed by atoms with E-state index in [-0.39, 0.29) is 18.1 Å². The van der Waals surface area contributed by atoms with Crippen molar-refractivity contribution in [1.82, 2.24) is 10.8 Å². The van der Waals surface area contributed by atoms with Gasteiger partial charge in [-0.3, -0.25) is 14.8 Å². The van der Waals surface area contributed by atoms with Gasteiger partial charge in [-0.15, -0.1) is 0 Å². The summed E-state index contributed by atoms with van der Waals surface area (Å²) >= 11 is 0. The Morgan fingerprint density at radius 2 is 1.88 bits per heavy atom. The van der Waals surface area contributed by atoms with Crippen molar-refractivity contribution in [3.63, 3.8) is 0 Å². The molecule has 1 aromatic carbocycles. The molecule has 0 saturated heterocycles. The van der Waals surface area contributed by atoms with E-state index in [0.29, 0.717) is 24.5 Å². The average molecular weight is 334 g/mol. The Labute approximate surface area is 140 Å². The number of carbonyl (C=O) groups excluding carboxylic acids is 2. The Morgan fingerprint density at radius 3 is 2.50 bits per heavy atom. The minimum atomic E-state index is -0.398. The van der Waals surface area contributed by atoms with Crippen LogP contribution >= 0.6 is 0 Å². The van der Waals surface area contributed by atoms with E-state index < -0.39 is 5.91 Å². The number of allylic oxidation sites excluding steroid dienone is 1. The first kappa shape index (κ1) is 18.1. The first-order valence-corrected chi connectivity index (χ1v) is 8.29. The molecule has 1 aromatic rings. The van der Waals surface area contributed by atoms with Crippen LogP contribution in [0.2, 0.25) is 0 Å². The van der Waals surface area contributed by atoms with Gasteiger partial charge in [0.25, 0.3) is 5.91 Å². The lowest BCUT2D eigenvalue weighted by molar-refractivity contribution is -0.129. The highest BCUT2D eigenvalue weighted by Gasteiger charge is 2.22. The zero-order chi connectivity index (χ0) is 17.4. The lowest BCUT2D eigenvalue weighted by Crippen LogP contribution is -2.25. The molecule has 1 saturated carbocycles. The molecule has 2 amide bonds. The van der Waals surface area contributed by atoms with Gasteiger partial charge in [0.2, 0.25) is 5.91 Å². The third kappa shape index (κ3) is 6.12. The molecule has 0 bridgehead atoms. The van der Waals surface area contributed by atoms with E-state index in [0.717, 1.165) is 31.2 Å². The minimum absolute atomic E-state index is 0.151. The number of nitrogens with one attached hydrogen (secondary N) is 2. The largest absolute Gasteiger partial charge is 0.352 e. The smallest absolute Gasteiger partial charge is 0.251 e. The molecule has 0 heterocycles. The Bertz CT molecular complexity index is 595. The normalized spacial score (nSPS) is 14.3. The SMILES string of the molecule is O=C(CCCCCNC(=O)/C(=C\C1CC1)c1ccc(F)cc1)NO. The number of unbranched alkanes of at least 4 members (excludes halogenated alkanes) is 2. The quantitative estimate of drug-likeness (QED) is 0.281. The summed E-state index contributed by atoms with van der Waals surface area (Å²) in [6.45, 7) is 0.517. The minimum Gasteiger partial charge on any atom is -0.352 e. The number of rotatable bonds is 9. The van der Waals surface area contributed by atoms with Gasteiger partial charge in [0, 0.05) is 18.5 Å². The first-order chi connectivity index (χ1) is 11.6. The Morgan fingerprint density at radius 1 is 1.17 bits per heavy atom. The molecule has 3 N–H and O–H groups in total. The van der Waals surface area contributed by atoms with Crippen molar-refractivity contribution in [2.45, 2.75) is 38.5 Å². The summed E-state index contributed by atoms with van der Waals surface area (Å²) in [4.78, 5) is 23.3. The van der Waals surface area contributed by atoms with E-state index in [1.807, 2.05) is 6.08 Å². The monoisotopic (exact) mass is 334 g/mol. The van der Waals surface area contributed by atoms with Gasteiger partial charge >= 0.3 is 0 Å². The molecule has 1 aliphatic rings. The van der Waals surface area contributed by atoms with Crippen molar-refractivity contribution in [1.29, 1.82) is 0 Å². The third-order valence-electron chi connectivity index (χ3n) is 3.92. The summed E-state index contributed by atoms with van der Waals surface area (Å²) in [6, 6.07) is 5.96. The number of carbonyl (C=O) groups is 2. The Kier molecular flexibility index (Phi) is 6.93. The average Bonchev–Trinajstić information content (AvgIpc) is 3.40. The van der Waals surface area contributed by atoms with Gasteiger partial charge in [-0.2, -0.15) is 0 Å². The molecule has 0 aromatic heterocycles. The predicted molar refractivity (Wildman–Crippen MR) is 88.5 cm³/mol. The lowest BCUT2D eigenvalue weighted by atomic mass is 10.0. The molecule has 0 unspecified atom stereocenters. The molecule has 5 nitrogen and oxygen atoms in total. The molecular weight excluding hydrogens is 311 g/mol. The van der Waals surface area contributed by atoms with Crippen LogP contribution in [0.1, 0.15) is 44.1 Å². The highest BCUT2D eigenvalue weighted by molar-refractivity contribution is 6.19. The molecular formula is C18H23FN2O3. The van der Waals surface area contributed by atoms with E-state index in [1.54, 1.807) is 17.6 Å². The molecule has 0 aliphatic heterocycles. The summed E-state index contributed by atoms with van der Waals surface area (Å²) in [6.07, 6.45) is 6.61. The Hall–Kier alpha value is -2.21. The van der Waals surface area contributed by atoms with Gasteiger partial charge in [-0.25, -0.2) is 9.87 Å². The molecule has 130 valence electrons. The highest BCUT2D eigenvalue weighted by Crippen LogP contribution is 2.33. The van der Waals surface area contributed by atoms with Crippen LogP contribution in [-0.4, -0.2) is 23.6 Å². The van der Waals surface area contributed by atoms with Crippen molar-refractivity contribution in [2.75, 3.05) is 6.54 Å². The number of amides is 2. The van der Waals surface area contributed by atoms with Crippen LogP contribution in [0.15, 0.2) is 30.3 Å². The van der Waals surface area contributed by atoms with Gasteiger partial charge in [-0.1, -0.05) is 24.6 Å². The molecule has 6 heteroatoms. The zero-order valence-electron chi connectivity index (χ0n) is 13.6. The fourth-order valence-corrected chi connectivity index (χ4v) is 2.37. The number of benzene rings is 1. The van der Waals surface area contributed by atoms with E-state index in [1.165, 1.54) is 12.1 Å². The molecule has 24 heavy (non-hydrogen) atoms. The van der Waals surface area contributed by atoms with Crippen LogP contribution in [-0.2, 0) is 9.59 Å². The van der Waals surface area contributed by atoms with Gasteiger partial charge in [0.15, 0.2) is 0 Å². The van der Waals surface area contributed by atoms with Crippen molar-refractivity contribution in [3.8, 4) is 0 Å². The maximum Gasteiger partial charge on any atom is 0.251 e. The summed E-state index contributed by atoms with van der Waals surface area (Å²) in [5.74, 6) is -0.434. The van der Waals surface area contributed by atoms with E-state index in [2.05, 4.69) is 5.32 Å². The Balaban J connectivity index is 1.81. The van der Waals surface area contributed by atoms with Crippen LogP contribution in [0.25, 0.3) is 5.57 Å². The van der Waals surface area contributed by atoms with Gasteiger partial charge in [0.1, 0.15) is 5.82 Å². The summed E-state index contributed by atoms with van der Waals surface area (Å²) < 4.78 is 13.1. The molecule has 0 radical (unpaired) electrons. The van der Waals surface area contributed by atoms with Crippen LogP contribution in [0, 0.1) is 11.7 Å². The van der Waals surface area contributed by atoms with Crippen LogP contribution in [0.3, 0.4) is 0 Å². The van der Waals surface area contributed by atoms with Crippen LogP contribution in [0.5, 0.6) is 0 Å². The summed E-state index contributed by atoms with van der Waals surface area (Å²) in [5, 5.41) is 11.3. The van der Waals surface area contributed by atoms with Gasteiger partial charge in [-0.05, 0) is 49.3 Å². The second-order valence-electron chi connectivity index (χ2n) is 6.03. The second-order valence-corrected chi connectivity index (χ2v) is 6.03. The number of hydrogen-bond acceptors (Lipinski definition) is 3. The fourth-order valence-electron chi connectivity index (χ4n) is 2.37. The van der Waals surface area contributed by atoms with Crippen molar-refractivity contribution < 1.29 is 19.2 Å². The third-order valence-corrected chi connectivity index (χ3v) is 3.92. The maximum absolute atomic E-state index is 13.1.